The highest BCUT2D eigenvalue weighted by atomic mass is 32.2. The molecule has 1 unspecified atom stereocenters. The topological polar surface area (TPSA) is 192 Å². The summed E-state index contributed by atoms with van der Waals surface area (Å²) in [5.41, 5.74) is 10.1. The van der Waals surface area contributed by atoms with Gasteiger partial charge in [0.15, 0.2) is 6.04 Å². The molecule has 2 aromatic carbocycles. The Bertz CT molecular complexity index is 2640. The summed E-state index contributed by atoms with van der Waals surface area (Å²) < 4.78 is 22.6. The Morgan fingerprint density at radius 2 is 1.80 bits per heavy atom. The highest BCUT2D eigenvalue weighted by Gasteiger charge is 2.61. The Morgan fingerprint density at radius 1 is 1.07 bits per heavy atom. The zero-order valence-electron chi connectivity index (χ0n) is 42.9. The number of phenols is 1. The van der Waals surface area contributed by atoms with E-state index in [1.54, 1.807) is 30.3 Å². The Labute approximate surface area is 415 Å². The summed E-state index contributed by atoms with van der Waals surface area (Å²) in [6, 6.07) is 9.52. The SMILES string of the molecule is CCc1ccncc1-c1c2c3cc(ccc3n1CC)-c1cc(O)cc(c1)C[C@H](NC(=O)[C@H](C(C)C)N(C)C(=O)CN(C)C(=O)[C@@H]1[C@H](C)N1[S@@+]([O-])C(C)(C)C)C(=O)N1CCC[C@H](N1)C(=O)OCC(C)(C)C2. The minimum Gasteiger partial charge on any atom is -0.597 e. The molecule has 70 heavy (non-hydrogen) atoms. The molecule has 3 aliphatic rings. The van der Waals surface area contributed by atoms with Crippen LogP contribution in [0.5, 0.6) is 5.75 Å². The number of likely N-dealkylation sites (N-methyl/N-ethyl adjacent to an activating group) is 2. The number of phenolic OH excluding ortho intramolecular Hbond substituents is 1. The van der Waals surface area contributed by atoms with Crippen LogP contribution in [0.3, 0.4) is 0 Å². The average Bonchev–Trinajstić information content (AvgIpc) is 3.89. The molecule has 0 aliphatic carbocycles. The number of hydrogen-bond donors (Lipinski definition) is 3. The van der Waals surface area contributed by atoms with Gasteiger partial charge in [-0.1, -0.05) is 46.8 Å². The van der Waals surface area contributed by atoms with Crippen LogP contribution in [0.4, 0.5) is 0 Å². The number of cyclic esters (lactones) is 1. The summed E-state index contributed by atoms with van der Waals surface area (Å²) in [6.07, 6.45) is 6.01. The lowest BCUT2D eigenvalue weighted by Gasteiger charge is -2.37. The third kappa shape index (κ3) is 10.9. The fourth-order valence-corrected chi connectivity index (χ4v) is 11.6. The van der Waals surface area contributed by atoms with Crippen molar-refractivity contribution in [2.45, 2.75) is 143 Å². The molecule has 0 saturated carbocycles. The van der Waals surface area contributed by atoms with Crippen LogP contribution >= 0.6 is 0 Å². The number of carbonyl (C=O) groups excluding carboxylic acids is 5. The van der Waals surface area contributed by atoms with Gasteiger partial charge in [0.2, 0.25) is 17.7 Å². The number of aryl methyl sites for hydroxylation is 2. The van der Waals surface area contributed by atoms with Gasteiger partial charge in [-0.2, -0.15) is 0 Å². The average molecular weight is 981 g/mol. The van der Waals surface area contributed by atoms with Gasteiger partial charge in [0.25, 0.3) is 5.91 Å². The minimum atomic E-state index is -1.41. The first kappa shape index (κ1) is 52.3. The maximum absolute atomic E-state index is 14.8. The Balaban J connectivity index is 1.23. The van der Waals surface area contributed by atoms with Crippen LogP contribution in [-0.4, -0.2) is 137 Å². The van der Waals surface area contributed by atoms with Crippen LogP contribution in [-0.2, 0) is 65.9 Å². The first-order valence-corrected chi connectivity index (χ1v) is 25.7. The number of aromatic nitrogens is 2. The van der Waals surface area contributed by atoms with Crippen LogP contribution < -0.4 is 10.7 Å². The van der Waals surface area contributed by atoms with Crippen LogP contribution in [0.15, 0.2) is 54.9 Å². The number of fused-ring (bicyclic) bond motifs is 6. The maximum atomic E-state index is 14.8. The lowest BCUT2D eigenvalue weighted by atomic mass is 9.84. The molecule has 0 radical (unpaired) electrons. The number of nitrogens with zero attached hydrogens (tertiary/aromatic N) is 6. The fourth-order valence-electron chi connectivity index (χ4n) is 10.1. The number of pyridine rings is 1. The van der Waals surface area contributed by atoms with Gasteiger partial charge >= 0.3 is 5.97 Å². The molecule has 3 N–H and O–H groups in total. The predicted octanol–water partition coefficient (Wildman–Crippen LogP) is 5.78. The van der Waals surface area contributed by atoms with Gasteiger partial charge in [-0.25, -0.2) is 5.43 Å². The predicted molar refractivity (Wildman–Crippen MR) is 271 cm³/mol. The molecular formula is C53H72N8O8S. The van der Waals surface area contributed by atoms with Gasteiger partial charge in [-0.15, -0.1) is 4.31 Å². The van der Waals surface area contributed by atoms with Crippen molar-refractivity contribution < 1.29 is 38.4 Å². The molecule has 17 heteroatoms. The Morgan fingerprint density at radius 3 is 2.47 bits per heavy atom. The van der Waals surface area contributed by atoms with E-state index in [2.05, 4.69) is 66.2 Å². The second-order valence-corrected chi connectivity index (χ2v) is 23.5. The van der Waals surface area contributed by atoms with Crippen molar-refractivity contribution in [3.05, 3.63) is 71.5 Å². The maximum Gasteiger partial charge on any atom is 0.324 e. The number of nitrogens with one attached hydrogen (secondary N) is 2. The molecule has 16 nitrogen and oxygen atoms in total. The molecule has 4 amide bonds. The van der Waals surface area contributed by atoms with Gasteiger partial charge in [-0.05, 0) is 124 Å². The van der Waals surface area contributed by atoms with Gasteiger partial charge in [0.05, 0.1) is 24.9 Å². The standard InChI is InChI=1S/C53H72N8O8S/c1-13-34-19-20-54-28-40(34)47-39-27-53(9,10)30-69-51(67)41-16-15-21-60(56-41)49(65)42(24-33-22-36(25-37(62)23-33)35-17-18-43(38(39)26-35)59(47)14-2)55-48(64)45(31(3)4)58(12)44(63)29-57(11)50(66)46-32(5)61(46)70(68)52(6,7)8/h17-20,22-23,25-26,28,31-32,41-42,45-46,56,62H,13-16,21,24,27,29-30H2,1-12H3,(H,55,64)/t32-,41-,42-,45-,46-,61?,70-/m0/s1. The van der Waals surface area contributed by atoms with E-state index in [0.29, 0.717) is 36.9 Å². The molecule has 3 aliphatic heterocycles. The van der Waals surface area contributed by atoms with Crippen LogP contribution in [0.2, 0.25) is 0 Å². The Kier molecular flexibility index (Phi) is 15.5. The normalized spacial score (nSPS) is 22.5. The number of benzene rings is 2. The largest absolute Gasteiger partial charge is 0.597 e. The van der Waals surface area contributed by atoms with Crippen LogP contribution in [0, 0.1) is 11.3 Å². The van der Waals surface area contributed by atoms with Crippen molar-refractivity contribution >= 4 is 51.9 Å². The summed E-state index contributed by atoms with van der Waals surface area (Å²) in [6.45, 7) is 20.1. The molecule has 4 aromatic rings. The van der Waals surface area contributed by atoms with Crippen molar-refractivity contribution in [2.24, 2.45) is 11.3 Å². The quantitative estimate of drug-likeness (QED) is 0.0938. The van der Waals surface area contributed by atoms with E-state index in [1.807, 2.05) is 52.2 Å². The lowest BCUT2D eigenvalue weighted by molar-refractivity contribution is -0.155. The molecule has 5 heterocycles. The molecule has 7 atom stereocenters. The molecule has 7 rings (SSSR count). The summed E-state index contributed by atoms with van der Waals surface area (Å²) in [7, 11) is 3.02. The number of carbonyl (C=O) groups is 5. The third-order valence-electron chi connectivity index (χ3n) is 13.9. The number of esters is 1. The summed E-state index contributed by atoms with van der Waals surface area (Å²) >= 11 is -1.41. The number of ether oxygens (including phenoxy) is 1. The molecule has 2 fully saturated rings. The van der Waals surface area contributed by atoms with Crippen LogP contribution in [0.1, 0.15) is 98.8 Å². The number of rotatable bonds is 11. The van der Waals surface area contributed by atoms with Crippen molar-refractivity contribution in [3.8, 4) is 28.1 Å². The van der Waals surface area contributed by atoms with E-state index >= 15 is 0 Å². The van der Waals surface area contributed by atoms with Gasteiger partial charge < -0.3 is 34.1 Å². The smallest absolute Gasteiger partial charge is 0.324 e. The molecule has 378 valence electrons. The minimum absolute atomic E-state index is 0.0213. The van der Waals surface area contributed by atoms with Crippen molar-refractivity contribution in [2.75, 3.05) is 33.8 Å². The zero-order valence-corrected chi connectivity index (χ0v) is 43.7. The van der Waals surface area contributed by atoms with E-state index in [1.165, 1.54) is 34.5 Å². The number of hydrogen-bond acceptors (Lipinski definition) is 11. The number of amides is 4. The summed E-state index contributed by atoms with van der Waals surface area (Å²) in [5, 5.41) is 16.7. The van der Waals surface area contributed by atoms with E-state index < -0.39 is 75.3 Å². The van der Waals surface area contributed by atoms with Crippen LogP contribution in [0.25, 0.3) is 33.3 Å². The highest BCUT2D eigenvalue weighted by molar-refractivity contribution is 7.90. The molecular weight excluding hydrogens is 909 g/mol. The zero-order chi connectivity index (χ0) is 51.1. The van der Waals surface area contributed by atoms with Gasteiger partial charge in [0.1, 0.15) is 28.6 Å². The monoisotopic (exact) mass is 981 g/mol. The van der Waals surface area contributed by atoms with Crippen molar-refractivity contribution in [3.63, 3.8) is 0 Å². The Hall–Kier alpha value is -5.49. The fraction of sp³-hybridized carbons (Fsp3) is 0.547. The molecule has 0 spiro atoms. The van der Waals surface area contributed by atoms with E-state index in [0.717, 1.165) is 39.7 Å². The van der Waals surface area contributed by atoms with Crippen molar-refractivity contribution in [1.29, 1.82) is 0 Å². The molecule has 2 saturated heterocycles. The lowest BCUT2D eigenvalue weighted by Crippen LogP contribution is -2.62. The van der Waals surface area contributed by atoms with Crippen molar-refractivity contribution in [1.82, 2.24) is 39.4 Å². The van der Waals surface area contributed by atoms with Gasteiger partial charge in [0, 0.05) is 79.2 Å². The first-order chi connectivity index (χ1) is 33.0. The second-order valence-electron chi connectivity index (χ2n) is 21.4. The third-order valence-corrected chi connectivity index (χ3v) is 15.9. The number of aromatic hydroxyl groups is 1. The molecule has 6 bridgehead atoms. The molecule has 2 aromatic heterocycles. The summed E-state index contributed by atoms with van der Waals surface area (Å²) in [5.74, 6) is -2.86. The van der Waals surface area contributed by atoms with E-state index in [9.17, 15) is 33.6 Å². The van der Waals surface area contributed by atoms with E-state index in [4.69, 9.17) is 4.74 Å². The first-order valence-electron chi connectivity index (χ1n) is 24.6. The summed E-state index contributed by atoms with van der Waals surface area (Å²) in [4.78, 5) is 77.9. The second kappa shape index (κ2) is 20.7. The van der Waals surface area contributed by atoms with E-state index in [-0.39, 0.29) is 43.8 Å². The highest BCUT2D eigenvalue weighted by Crippen LogP contribution is 2.42. The number of hydrazine groups is 1. The van der Waals surface area contributed by atoms with Gasteiger partial charge in [-0.3, -0.25) is 34.0 Å².